The van der Waals surface area contributed by atoms with Crippen LogP contribution in [0.1, 0.15) is 30.0 Å². The summed E-state index contributed by atoms with van der Waals surface area (Å²) in [5.74, 6) is 0. The summed E-state index contributed by atoms with van der Waals surface area (Å²) in [6.45, 7) is 1.74. The summed E-state index contributed by atoms with van der Waals surface area (Å²) in [6, 6.07) is 13.6. The topological polar surface area (TPSA) is 20.2 Å². The number of hydrogen-bond acceptors (Lipinski definition) is 1. The number of halogens is 3. The number of rotatable bonds is 3. The molecule has 1 atom stereocenters. The fourth-order valence-corrected chi connectivity index (χ4v) is 2.24. The average molecular weight is 280 g/mol. The smallest absolute Gasteiger partial charge is 0.380 e. The van der Waals surface area contributed by atoms with Gasteiger partial charge in [0.25, 0.3) is 0 Å². The molecule has 0 bridgehead atoms. The maximum absolute atomic E-state index is 12.8. The molecule has 1 N–H and O–H groups in total. The Bertz CT molecular complexity index is 578. The molecule has 0 aliphatic heterocycles. The van der Waals surface area contributed by atoms with Crippen molar-refractivity contribution in [1.29, 1.82) is 0 Å². The summed E-state index contributed by atoms with van der Waals surface area (Å²) in [6.07, 6.45) is -4.13. The lowest BCUT2D eigenvalue weighted by molar-refractivity contribution is -0.137. The minimum atomic E-state index is -4.42. The van der Waals surface area contributed by atoms with Crippen molar-refractivity contribution < 1.29 is 18.3 Å². The van der Waals surface area contributed by atoms with Gasteiger partial charge >= 0.3 is 6.18 Å². The largest absolute Gasteiger partial charge is 0.416 e. The Morgan fingerprint density at radius 1 is 0.850 bits per heavy atom. The first-order valence-corrected chi connectivity index (χ1v) is 6.33. The molecule has 0 spiro atoms. The highest BCUT2D eigenvalue weighted by Crippen LogP contribution is 2.36. The molecule has 0 aromatic heterocycles. The van der Waals surface area contributed by atoms with Gasteiger partial charge in [-0.3, -0.25) is 0 Å². The van der Waals surface area contributed by atoms with E-state index >= 15 is 0 Å². The molecule has 0 aliphatic carbocycles. The van der Waals surface area contributed by atoms with Crippen molar-refractivity contribution in [2.75, 3.05) is 0 Å². The van der Waals surface area contributed by atoms with Gasteiger partial charge in [-0.2, -0.15) is 13.2 Å². The molecule has 2 aromatic rings. The van der Waals surface area contributed by atoms with E-state index in [9.17, 15) is 18.3 Å². The van der Waals surface area contributed by atoms with Crippen LogP contribution in [0.2, 0.25) is 0 Å². The number of hydrogen-bond donors (Lipinski definition) is 1. The van der Waals surface area contributed by atoms with Crippen molar-refractivity contribution >= 4 is 0 Å². The first-order valence-electron chi connectivity index (χ1n) is 6.33. The third-order valence-corrected chi connectivity index (χ3v) is 3.43. The van der Waals surface area contributed by atoms with Gasteiger partial charge in [0.15, 0.2) is 0 Å². The molecule has 0 amide bonds. The van der Waals surface area contributed by atoms with Gasteiger partial charge in [0.05, 0.1) is 5.56 Å². The molecule has 0 aliphatic rings. The van der Waals surface area contributed by atoms with E-state index in [1.165, 1.54) is 12.1 Å². The van der Waals surface area contributed by atoms with Gasteiger partial charge < -0.3 is 5.11 Å². The number of alkyl halides is 3. The molecule has 0 heterocycles. The molecular weight excluding hydrogens is 265 g/mol. The standard InChI is InChI=1S/C16H15F3O/c1-2-15(20,12-7-4-3-5-8-12)13-9-6-10-14(11-13)16(17,18)19/h3-11,20H,2H2,1H3/t15-/m0/s1. The van der Waals surface area contributed by atoms with Gasteiger partial charge in [0, 0.05) is 0 Å². The van der Waals surface area contributed by atoms with Crippen LogP contribution in [0.3, 0.4) is 0 Å². The Morgan fingerprint density at radius 2 is 1.40 bits per heavy atom. The fraction of sp³-hybridized carbons (Fsp3) is 0.250. The van der Waals surface area contributed by atoms with Crippen molar-refractivity contribution in [3.8, 4) is 0 Å². The minimum Gasteiger partial charge on any atom is -0.380 e. The first kappa shape index (κ1) is 14.6. The Hall–Kier alpha value is -1.81. The van der Waals surface area contributed by atoms with Gasteiger partial charge in [-0.1, -0.05) is 49.4 Å². The highest BCUT2D eigenvalue weighted by molar-refractivity contribution is 5.38. The zero-order valence-electron chi connectivity index (χ0n) is 11.0. The SMILES string of the molecule is CC[C@](O)(c1ccccc1)c1cccc(C(F)(F)F)c1. The summed E-state index contributed by atoms with van der Waals surface area (Å²) < 4.78 is 38.3. The lowest BCUT2D eigenvalue weighted by Gasteiger charge is -2.28. The summed E-state index contributed by atoms with van der Waals surface area (Å²) in [5, 5.41) is 10.8. The lowest BCUT2D eigenvalue weighted by atomic mass is 9.83. The van der Waals surface area contributed by atoms with Crippen LogP contribution in [-0.4, -0.2) is 5.11 Å². The highest BCUT2D eigenvalue weighted by atomic mass is 19.4. The predicted molar refractivity (Wildman–Crippen MR) is 71.2 cm³/mol. The molecule has 2 aromatic carbocycles. The summed E-state index contributed by atoms with van der Waals surface area (Å²) >= 11 is 0. The van der Waals surface area contributed by atoms with Gasteiger partial charge in [-0.05, 0) is 29.7 Å². The predicted octanol–water partition coefficient (Wildman–Crippen LogP) is 4.35. The summed E-state index contributed by atoms with van der Waals surface area (Å²) in [7, 11) is 0. The van der Waals surface area contributed by atoms with Crippen LogP contribution < -0.4 is 0 Å². The van der Waals surface area contributed by atoms with Crippen molar-refractivity contribution in [2.24, 2.45) is 0 Å². The quantitative estimate of drug-likeness (QED) is 0.886. The van der Waals surface area contributed by atoms with Crippen LogP contribution in [0, 0.1) is 0 Å². The second-order valence-corrected chi connectivity index (χ2v) is 4.66. The maximum Gasteiger partial charge on any atom is 0.416 e. The molecule has 0 unspecified atom stereocenters. The van der Waals surface area contributed by atoms with Crippen molar-refractivity contribution in [2.45, 2.75) is 25.1 Å². The number of benzene rings is 2. The van der Waals surface area contributed by atoms with Gasteiger partial charge in [-0.15, -0.1) is 0 Å². The molecule has 1 nitrogen and oxygen atoms in total. The molecule has 20 heavy (non-hydrogen) atoms. The Morgan fingerprint density at radius 3 is 1.95 bits per heavy atom. The zero-order chi connectivity index (χ0) is 14.8. The lowest BCUT2D eigenvalue weighted by Crippen LogP contribution is -2.26. The molecule has 2 rings (SSSR count). The highest BCUT2D eigenvalue weighted by Gasteiger charge is 2.34. The molecule has 0 saturated carbocycles. The Labute approximate surface area is 115 Å². The number of aliphatic hydroxyl groups is 1. The molecule has 0 fully saturated rings. The monoisotopic (exact) mass is 280 g/mol. The summed E-state index contributed by atoms with van der Waals surface area (Å²) in [5.41, 5.74) is -1.33. The van der Waals surface area contributed by atoms with Crippen molar-refractivity contribution in [3.63, 3.8) is 0 Å². The Balaban J connectivity index is 2.53. The zero-order valence-corrected chi connectivity index (χ0v) is 11.0. The van der Waals surface area contributed by atoms with Gasteiger partial charge in [0.2, 0.25) is 0 Å². The Kier molecular flexibility index (Phi) is 3.86. The minimum absolute atomic E-state index is 0.251. The summed E-state index contributed by atoms with van der Waals surface area (Å²) in [4.78, 5) is 0. The average Bonchev–Trinajstić information content (AvgIpc) is 2.46. The first-order chi connectivity index (χ1) is 9.38. The maximum atomic E-state index is 12.8. The van der Waals surface area contributed by atoms with Gasteiger partial charge in [-0.25, -0.2) is 0 Å². The third-order valence-electron chi connectivity index (χ3n) is 3.43. The van der Waals surface area contributed by atoms with E-state index in [2.05, 4.69) is 0 Å². The van der Waals surface area contributed by atoms with E-state index in [4.69, 9.17) is 0 Å². The second-order valence-electron chi connectivity index (χ2n) is 4.66. The van der Waals surface area contributed by atoms with Crippen molar-refractivity contribution in [3.05, 3.63) is 71.3 Å². The van der Waals surface area contributed by atoms with Crippen LogP contribution in [0.4, 0.5) is 13.2 Å². The molecule has 0 radical (unpaired) electrons. The van der Waals surface area contributed by atoms with Crippen LogP contribution in [-0.2, 0) is 11.8 Å². The van der Waals surface area contributed by atoms with E-state index in [1.807, 2.05) is 0 Å². The third kappa shape index (κ3) is 2.70. The van der Waals surface area contributed by atoms with Crippen LogP contribution in [0.5, 0.6) is 0 Å². The van der Waals surface area contributed by atoms with Crippen molar-refractivity contribution in [1.82, 2.24) is 0 Å². The van der Waals surface area contributed by atoms with Gasteiger partial charge in [0.1, 0.15) is 5.60 Å². The van der Waals surface area contributed by atoms with Crippen LogP contribution in [0.25, 0.3) is 0 Å². The van der Waals surface area contributed by atoms with Crippen LogP contribution >= 0.6 is 0 Å². The van der Waals surface area contributed by atoms with E-state index < -0.39 is 17.3 Å². The van der Waals surface area contributed by atoms with E-state index in [1.54, 1.807) is 37.3 Å². The molecule has 106 valence electrons. The molecule has 4 heteroatoms. The fourth-order valence-electron chi connectivity index (χ4n) is 2.24. The van der Waals surface area contributed by atoms with Crippen LogP contribution in [0.15, 0.2) is 54.6 Å². The molecule has 0 saturated heterocycles. The van der Waals surface area contributed by atoms with E-state index in [-0.39, 0.29) is 5.56 Å². The van der Waals surface area contributed by atoms with E-state index in [0.29, 0.717) is 12.0 Å². The normalized spacial score (nSPS) is 14.8. The molecular formula is C16H15F3O. The second kappa shape index (κ2) is 5.29. The van der Waals surface area contributed by atoms with E-state index in [0.717, 1.165) is 12.1 Å².